The van der Waals surface area contributed by atoms with Gasteiger partial charge in [-0.3, -0.25) is 14.4 Å². The maximum absolute atomic E-state index is 13.6. The van der Waals surface area contributed by atoms with Crippen molar-refractivity contribution in [2.45, 2.75) is 84.7 Å². The predicted octanol–water partition coefficient (Wildman–Crippen LogP) is 4.30. The lowest BCUT2D eigenvalue weighted by atomic mass is 9.47. The smallest absolute Gasteiger partial charge is 0.272 e. The number of amides is 2. The minimum Gasteiger partial charge on any atom is -0.393 e. The SMILES string of the molecule is C[C@@H](C(=O)CC(=O)N1CCN(C(=O)c2ccncn2)CC1)[C@H]1CC[C@H]2[C@@H]3CC=C4C[C@@H](O)CC[C@]4(C)[C@H]3CC[C@@]12C. The zero-order valence-electron chi connectivity index (χ0n) is 24.9. The molecule has 0 bridgehead atoms. The minimum absolute atomic E-state index is 0.0448. The van der Waals surface area contributed by atoms with Crippen LogP contribution in [-0.2, 0) is 9.59 Å². The fraction of sp³-hybridized carbons (Fsp3) is 0.727. The van der Waals surface area contributed by atoms with Gasteiger partial charge in [0.25, 0.3) is 5.91 Å². The number of hydrogen-bond donors (Lipinski definition) is 1. The molecule has 0 aromatic carbocycles. The van der Waals surface area contributed by atoms with Crippen LogP contribution in [0.5, 0.6) is 0 Å². The summed E-state index contributed by atoms with van der Waals surface area (Å²) in [6, 6.07) is 1.60. The van der Waals surface area contributed by atoms with Gasteiger partial charge in [0.05, 0.1) is 12.5 Å². The van der Waals surface area contributed by atoms with Crippen molar-refractivity contribution in [2.24, 2.45) is 40.4 Å². The molecule has 0 radical (unpaired) electrons. The summed E-state index contributed by atoms with van der Waals surface area (Å²) in [5.74, 6) is 1.97. The number of fused-ring (bicyclic) bond motifs is 5. The molecule has 3 saturated carbocycles. The quantitative estimate of drug-likeness (QED) is 0.424. The van der Waals surface area contributed by atoms with Crippen molar-refractivity contribution < 1.29 is 19.5 Å². The van der Waals surface area contributed by atoms with Crippen molar-refractivity contribution in [3.8, 4) is 0 Å². The molecule has 5 aliphatic rings. The van der Waals surface area contributed by atoms with Gasteiger partial charge in [0.1, 0.15) is 17.8 Å². The van der Waals surface area contributed by atoms with Crippen LogP contribution < -0.4 is 0 Å². The van der Waals surface area contributed by atoms with E-state index >= 15 is 0 Å². The zero-order chi connectivity index (χ0) is 28.9. The van der Waals surface area contributed by atoms with Crippen LogP contribution in [-0.4, -0.2) is 74.8 Å². The number of aromatic nitrogens is 2. The number of nitrogens with zero attached hydrogens (tertiary/aromatic N) is 4. The summed E-state index contributed by atoms with van der Waals surface area (Å²) in [4.78, 5) is 50.8. The van der Waals surface area contributed by atoms with E-state index in [0.29, 0.717) is 55.5 Å². The van der Waals surface area contributed by atoms with Crippen LogP contribution in [0.25, 0.3) is 0 Å². The normalized spacial score (nSPS) is 37.4. The van der Waals surface area contributed by atoms with Gasteiger partial charge < -0.3 is 14.9 Å². The number of Topliss-reactive ketones (excluding diaryl/α,β-unsaturated/α-hetero) is 1. The third-order valence-corrected chi connectivity index (χ3v) is 12.3. The number of aliphatic hydroxyl groups excluding tert-OH is 1. The number of carbonyl (C=O) groups is 3. The van der Waals surface area contributed by atoms with Crippen molar-refractivity contribution in [1.29, 1.82) is 0 Å². The van der Waals surface area contributed by atoms with Crippen molar-refractivity contribution in [3.63, 3.8) is 0 Å². The highest BCUT2D eigenvalue weighted by molar-refractivity contribution is 5.99. The summed E-state index contributed by atoms with van der Waals surface area (Å²) in [5.41, 5.74) is 2.22. The molecule has 4 aliphatic carbocycles. The number of rotatable bonds is 5. The summed E-state index contributed by atoms with van der Waals surface area (Å²) in [6.45, 7) is 8.73. The van der Waals surface area contributed by atoms with Gasteiger partial charge >= 0.3 is 0 Å². The summed E-state index contributed by atoms with van der Waals surface area (Å²) in [6.07, 6.45) is 13.7. The van der Waals surface area contributed by atoms with Crippen LogP contribution in [0.2, 0.25) is 0 Å². The van der Waals surface area contributed by atoms with Gasteiger partial charge in [-0.15, -0.1) is 0 Å². The van der Waals surface area contributed by atoms with E-state index in [2.05, 4.69) is 36.8 Å². The monoisotopic (exact) mass is 562 g/mol. The number of ketones is 1. The van der Waals surface area contributed by atoms with Crippen molar-refractivity contribution >= 4 is 17.6 Å². The molecule has 6 rings (SSSR count). The number of allylic oxidation sites excluding steroid dienone is 1. The highest BCUT2D eigenvalue weighted by atomic mass is 16.3. The Morgan fingerprint density at radius 2 is 1.78 bits per heavy atom. The van der Waals surface area contributed by atoms with E-state index in [9.17, 15) is 19.5 Å². The Balaban J connectivity index is 1.06. The topological polar surface area (TPSA) is 104 Å². The molecule has 1 aromatic rings. The molecule has 1 aromatic heterocycles. The fourth-order valence-corrected chi connectivity index (χ4v) is 9.89. The molecule has 41 heavy (non-hydrogen) atoms. The lowest BCUT2D eigenvalue weighted by molar-refractivity contribution is -0.139. The van der Waals surface area contributed by atoms with Crippen molar-refractivity contribution in [3.05, 3.63) is 35.9 Å². The van der Waals surface area contributed by atoms with Crippen molar-refractivity contribution in [1.82, 2.24) is 19.8 Å². The van der Waals surface area contributed by atoms with E-state index in [1.165, 1.54) is 24.7 Å². The van der Waals surface area contributed by atoms with E-state index in [-0.39, 0.29) is 46.9 Å². The molecule has 4 fully saturated rings. The van der Waals surface area contributed by atoms with Gasteiger partial charge in [-0.05, 0) is 91.9 Å². The van der Waals surface area contributed by atoms with Gasteiger partial charge in [0, 0.05) is 38.3 Å². The van der Waals surface area contributed by atoms with Crippen LogP contribution in [0.15, 0.2) is 30.2 Å². The van der Waals surface area contributed by atoms with Crippen LogP contribution in [0.1, 0.15) is 89.0 Å². The standard InChI is InChI=1S/C33H46N4O4/c1-21(29(39)19-30(40)36-14-16-37(17-15-36)31(41)28-10-13-34-20-35-28)25-6-7-26-24-5-4-22-18-23(38)8-11-32(22,2)27(24)9-12-33(25,26)3/h4,10,13,20-21,23-27,38H,5-9,11-12,14-19H2,1-3H3/t21-,23+,24+,25-,26+,27+,32+,33+/m1/s1. The second-order valence-electron chi connectivity index (χ2n) is 14.1. The Labute approximate surface area is 244 Å². The molecule has 0 spiro atoms. The molecule has 2 heterocycles. The highest BCUT2D eigenvalue weighted by Gasteiger charge is 2.59. The molecule has 2 amide bonds. The molecule has 0 unspecified atom stereocenters. The zero-order valence-corrected chi connectivity index (χ0v) is 24.9. The summed E-state index contributed by atoms with van der Waals surface area (Å²) >= 11 is 0. The van der Waals surface area contributed by atoms with E-state index in [1.54, 1.807) is 22.1 Å². The maximum atomic E-state index is 13.6. The molecule has 8 atom stereocenters. The number of piperazine rings is 1. The molecule has 8 heteroatoms. The number of aliphatic hydroxyl groups is 1. The molecule has 1 N–H and O–H groups in total. The lowest BCUT2D eigenvalue weighted by Gasteiger charge is -2.58. The highest BCUT2D eigenvalue weighted by Crippen LogP contribution is 2.67. The first-order chi connectivity index (χ1) is 19.6. The van der Waals surface area contributed by atoms with Gasteiger partial charge in [-0.2, -0.15) is 0 Å². The van der Waals surface area contributed by atoms with Gasteiger partial charge in [-0.25, -0.2) is 9.97 Å². The fourth-order valence-electron chi connectivity index (χ4n) is 9.89. The third kappa shape index (κ3) is 4.94. The van der Waals surface area contributed by atoms with E-state index < -0.39 is 0 Å². The first-order valence-electron chi connectivity index (χ1n) is 15.8. The second-order valence-corrected chi connectivity index (χ2v) is 14.1. The molecule has 1 saturated heterocycles. The van der Waals surface area contributed by atoms with Gasteiger partial charge in [0.15, 0.2) is 0 Å². The Bertz CT molecular complexity index is 1210. The Kier molecular flexibility index (Phi) is 7.58. The van der Waals surface area contributed by atoms with Crippen LogP contribution in [0.3, 0.4) is 0 Å². The van der Waals surface area contributed by atoms with Gasteiger partial charge in [-0.1, -0.05) is 32.4 Å². The first-order valence-corrected chi connectivity index (χ1v) is 15.8. The van der Waals surface area contributed by atoms with Crippen LogP contribution in [0.4, 0.5) is 0 Å². The summed E-state index contributed by atoms with van der Waals surface area (Å²) < 4.78 is 0. The number of hydrogen-bond acceptors (Lipinski definition) is 6. The average molecular weight is 563 g/mol. The first kappa shape index (κ1) is 28.5. The van der Waals surface area contributed by atoms with Gasteiger partial charge in [0.2, 0.25) is 5.91 Å². The molecule has 222 valence electrons. The minimum atomic E-state index is -0.180. The summed E-state index contributed by atoms with van der Waals surface area (Å²) in [5, 5.41) is 10.3. The van der Waals surface area contributed by atoms with Crippen LogP contribution >= 0.6 is 0 Å². The average Bonchev–Trinajstić information content (AvgIpc) is 3.34. The molecule has 8 nitrogen and oxygen atoms in total. The Hall–Kier alpha value is -2.61. The predicted molar refractivity (Wildman–Crippen MR) is 155 cm³/mol. The number of carbonyl (C=O) groups excluding carboxylic acids is 3. The second kappa shape index (κ2) is 10.9. The van der Waals surface area contributed by atoms with E-state index in [1.807, 2.05) is 0 Å². The Morgan fingerprint density at radius 1 is 1.02 bits per heavy atom. The van der Waals surface area contributed by atoms with Crippen molar-refractivity contribution in [2.75, 3.05) is 26.2 Å². The largest absolute Gasteiger partial charge is 0.393 e. The molecular formula is C33H46N4O4. The lowest BCUT2D eigenvalue weighted by Crippen LogP contribution is -2.52. The third-order valence-electron chi connectivity index (χ3n) is 12.3. The molecule has 1 aliphatic heterocycles. The van der Waals surface area contributed by atoms with E-state index in [4.69, 9.17) is 0 Å². The van der Waals surface area contributed by atoms with E-state index in [0.717, 1.165) is 38.5 Å². The van der Waals surface area contributed by atoms with Crippen LogP contribution in [0, 0.1) is 40.4 Å². The maximum Gasteiger partial charge on any atom is 0.272 e. The molecular weight excluding hydrogens is 516 g/mol. The summed E-state index contributed by atoms with van der Waals surface area (Å²) in [7, 11) is 0. The Morgan fingerprint density at radius 3 is 2.51 bits per heavy atom.